The van der Waals surface area contributed by atoms with Crippen molar-refractivity contribution in [3.8, 4) is 0 Å². The molecule has 0 spiro atoms. The first-order valence-corrected chi connectivity index (χ1v) is 15.5. The fourth-order valence-electron chi connectivity index (χ4n) is 4.30. The van der Waals surface area contributed by atoms with Gasteiger partial charge in [-0.1, -0.05) is 25.2 Å². The summed E-state index contributed by atoms with van der Waals surface area (Å²) in [6.07, 6.45) is 4.95. The molecule has 2 aromatic rings. The maximum Gasteiger partial charge on any atom is 0.295 e. The predicted molar refractivity (Wildman–Crippen MR) is 127 cm³/mol. The largest absolute Gasteiger partial charge is 0.625 e. The highest BCUT2D eigenvalue weighted by Crippen LogP contribution is 2.43. The Bertz CT molecular complexity index is 1550. The van der Waals surface area contributed by atoms with Crippen molar-refractivity contribution in [2.45, 2.75) is 22.9 Å². The van der Waals surface area contributed by atoms with Gasteiger partial charge in [-0.25, -0.2) is 5.16 Å². The van der Waals surface area contributed by atoms with E-state index in [0.717, 1.165) is 16.4 Å². The fraction of sp³-hybridized carbons (Fsp3) is 0.0952. The van der Waals surface area contributed by atoms with E-state index < -0.39 is 38.1 Å². The molecule has 0 fully saturated rings. The van der Waals surface area contributed by atoms with Crippen molar-refractivity contribution < 1.29 is 31.1 Å². The van der Waals surface area contributed by atoms with Gasteiger partial charge in [-0.15, -0.1) is 0 Å². The molecule has 5 N–H and O–H groups in total. The minimum atomic E-state index is -4.89. The number of nitrogens with two attached hydrogens (primary N) is 1. The molecular weight excluding hydrogens is 484 g/mol. The van der Waals surface area contributed by atoms with E-state index >= 15 is 0 Å². The molecule has 2 aliphatic rings. The van der Waals surface area contributed by atoms with Crippen molar-refractivity contribution in [3.05, 3.63) is 81.7 Å². The molecule has 0 bridgehead atoms. The topological polar surface area (TPSA) is 172 Å². The van der Waals surface area contributed by atoms with Crippen molar-refractivity contribution >= 4 is 50.5 Å². The van der Waals surface area contributed by atoms with Gasteiger partial charge in [0.25, 0.3) is 20.2 Å². The number of nitrogen functional groups attached to an aromatic ring is 1. The molecule has 2 aromatic carbocycles. The first-order valence-electron chi connectivity index (χ1n) is 9.65. The highest BCUT2D eigenvalue weighted by molar-refractivity contribution is 7.86. The highest BCUT2D eigenvalue weighted by Gasteiger charge is 2.41. The van der Waals surface area contributed by atoms with E-state index in [-0.39, 0.29) is 5.56 Å². The Kier molecular flexibility index (Phi) is 5.26. The van der Waals surface area contributed by atoms with Gasteiger partial charge in [0.2, 0.25) is 5.71 Å². The molecule has 0 amide bonds. The van der Waals surface area contributed by atoms with Crippen LogP contribution in [-0.2, 0) is 20.2 Å². The van der Waals surface area contributed by atoms with E-state index in [1.807, 2.05) is 11.2 Å². The number of allylic oxidation sites excluding steroid dienone is 5. The molecule has 0 atom stereocenters. The third kappa shape index (κ3) is 3.85. The summed E-state index contributed by atoms with van der Waals surface area (Å²) in [5, 5.41) is 14.9. The Morgan fingerprint density at radius 2 is 1.61 bits per heavy atom. The average molecular weight is 505 g/mol. The number of benzene rings is 2. The Morgan fingerprint density at radius 1 is 0.939 bits per heavy atom. The Labute approximate surface area is 191 Å². The molecule has 0 radical (unpaired) electrons. The van der Waals surface area contributed by atoms with Gasteiger partial charge in [0.05, 0.1) is 4.90 Å². The number of hydrogen-bond donors (Lipinski definition) is 4. The van der Waals surface area contributed by atoms with Crippen LogP contribution in [0.5, 0.6) is 0 Å². The van der Waals surface area contributed by atoms with E-state index in [2.05, 4.69) is 13.1 Å². The van der Waals surface area contributed by atoms with Gasteiger partial charge in [-0.05, 0) is 57.4 Å². The smallest absolute Gasteiger partial charge is 0.295 e. The lowest BCUT2D eigenvalue weighted by Crippen LogP contribution is -2.65. The zero-order chi connectivity index (χ0) is 24.3. The summed E-state index contributed by atoms with van der Waals surface area (Å²) in [5.41, 5.74) is 8.69. The van der Waals surface area contributed by atoms with Crippen LogP contribution in [0.25, 0.3) is 5.57 Å². The second-order valence-electron chi connectivity index (χ2n) is 8.28. The monoisotopic (exact) mass is 504 g/mol. The molecule has 0 saturated carbocycles. The van der Waals surface area contributed by atoms with Gasteiger partial charge in [0, 0.05) is 23.4 Å². The van der Waals surface area contributed by atoms with Crippen LogP contribution in [0.1, 0.15) is 11.1 Å². The van der Waals surface area contributed by atoms with E-state index in [9.17, 15) is 31.1 Å². The minimum Gasteiger partial charge on any atom is -0.625 e. The molecule has 0 aromatic heterocycles. The van der Waals surface area contributed by atoms with Crippen LogP contribution in [0.15, 0.2) is 75.2 Å². The molecule has 12 heteroatoms. The zero-order valence-corrected chi connectivity index (χ0v) is 20.2. The number of nitrogens with one attached hydrogen (secondary N) is 1. The van der Waals surface area contributed by atoms with Gasteiger partial charge in [0.1, 0.15) is 13.0 Å². The van der Waals surface area contributed by atoms with Gasteiger partial charge in [0.15, 0.2) is 0 Å². The Hall–Kier alpha value is -3.03. The van der Waals surface area contributed by atoms with E-state index in [0.29, 0.717) is 34.2 Å². The van der Waals surface area contributed by atoms with Crippen LogP contribution in [0.4, 0.5) is 5.69 Å². The van der Waals surface area contributed by atoms with Gasteiger partial charge < -0.3 is 10.9 Å². The Morgan fingerprint density at radius 3 is 2.21 bits per heavy atom. The second kappa shape index (κ2) is 7.50. The maximum absolute atomic E-state index is 12.3. The normalized spacial score (nSPS) is 18.7. The SMILES string of the molecule is C[Si]1(C)C2=C/C(=[NH+]/[O-])C=CC2=C(c2ccc(S(=O)(=O)O)cc2S(=O)(=O)O)c2ccc(N)cc21. The predicted octanol–water partition coefficient (Wildman–Crippen LogP) is 0.548. The van der Waals surface area contributed by atoms with Crippen molar-refractivity contribution in [1.29, 1.82) is 0 Å². The fourth-order valence-corrected chi connectivity index (χ4v) is 8.71. The number of rotatable bonds is 3. The molecular formula is C21H20N2O7S2Si. The quantitative estimate of drug-likeness (QED) is 0.154. The molecule has 4 rings (SSSR count). The lowest BCUT2D eigenvalue weighted by Gasteiger charge is -2.37. The van der Waals surface area contributed by atoms with E-state index in [4.69, 9.17) is 5.73 Å². The molecule has 33 heavy (non-hydrogen) atoms. The summed E-state index contributed by atoms with van der Waals surface area (Å²) in [5.74, 6) is 0. The first-order chi connectivity index (χ1) is 15.2. The number of anilines is 1. The summed E-state index contributed by atoms with van der Waals surface area (Å²) >= 11 is 0. The highest BCUT2D eigenvalue weighted by atomic mass is 32.2. The average Bonchev–Trinajstić information content (AvgIpc) is 2.73. The second-order valence-corrected chi connectivity index (χ2v) is 15.4. The van der Waals surface area contributed by atoms with Crippen LogP contribution in [0, 0.1) is 5.21 Å². The molecule has 9 nitrogen and oxygen atoms in total. The summed E-state index contributed by atoms with van der Waals surface area (Å²) in [7, 11) is -12.0. The van der Waals surface area contributed by atoms with Gasteiger partial charge in [-0.2, -0.15) is 16.8 Å². The van der Waals surface area contributed by atoms with Crippen molar-refractivity contribution in [2.24, 2.45) is 0 Å². The lowest BCUT2D eigenvalue weighted by molar-refractivity contribution is -0.371. The molecule has 1 heterocycles. The van der Waals surface area contributed by atoms with Crippen molar-refractivity contribution in [1.82, 2.24) is 0 Å². The summed E-state index contributed by atoms with van der Waals surface area (Å²) < 4.78 is 67.1. The molecule has 0 unspecified atom stereocenters. The Balaban J connectivity index is 2.18. The maximum atomic E-state index is 12.3. The first kappa shape index (κ1) is 23.1. The summed E-state index contributed by atoms with van der Waals surface area (Å²) in [6.45, 7) is 4.14. The van der Waals surface area contributed by atoms with Crippen LogP contribution in [-0.4, -0.2) is 39.7 Å². The van der Waals surface area contributed by atoms with Gasteiger partial charge >= 0.3 is 0 Å². The molecule has 1 aliphatic heterocycles. The van der Waals surface area contributed by atoms with Crippen molar-refractivity contribution in [2.75, 3.05) is 5.73 Å². The van der Waals surface area contributed by atoms with Crippen LogP contribution < -0.4 is 16.1 Å². The van der Waals surface area contributed by atoms with Gasteiger partial charge in [-0.3, -0.25) is 9.11 Å². The van der Waals surface area contributed by atoms with E-state index in [1.54, 1.807) is 30.4 Å². The summed E-state index contributed by atoms with van der Waals surface area (Å²) in [6, 6.07) is 8.23. The zero-order valence-electron chi connectivity index (χ0n) is 17.5. The number of hydrogen-bond acceptors (Lipinski definition) is 6. The molecule has 1 aliphatic carbocycles. The standard InChI is InChI=1S/C21H20N2O7S2Si/c1-33(2)19-9-12(22)3-6-16(19)21(17-7-4-13(23-24)10-20(17)33)15-8-5-14(31(25,26)27)11-18(15)32(28,29)30/h3-11,23H,22H2,1-2H3,(H2-,24,25,26,27,28,29,30)/b23-13+. The summed E-state index contributed by atoms with van der Waals surface area (Å²) in [4.78, 5) is -1.35. The van der Waals surface area contributed by atoms with Crippen LogP contribution in [0.2, 0.25) is 13.1 Å². The minimum absolute atomic E-state index is 0.0458. The van der Waals surface area contributed by atoms with E-state index in [1.165, 1.54) is 6.07 Å². The molecule has 172 valence electrons. The van der Waals surface area contributed by atoms with Crippen LogP contribution in [0.3, 0.4) is 0 Å². The number of fused-ring (bicyclic) bond motifs is 2. The lowest BCUT2D eigenvalue weighted by atomic mass is 9.89. The third-order valence-electron chi connectivity index (χ3n) is 5.86. The van der Waals surface area contributed by atoms with Crippen molar-refractivity contribution in [3.63, 3.8) is 0 Å². The molecule has 0 saturated heterocycles. The van der Waals surface area contributed by atoms with Crippen LogP contribution >= 0.6 is 0 Å². The third-order valence-corrected chi connectivity index (χ3v) is 11.1.